The molecule has 82 heavy (non-hydrogen) atoms. The maximum absolute atomic E-state index is 13.6. The summed E-state index contributed by atoms with van der Waals surface area (Å²) in [5.74, 6) is -0.553. The van der Waals surface area contributed by atoms with Crippen molar-refractivity contribution < 1.29 is 37.3 Å². The summed E-state index contributed by atoms with van der Waals surface area (Å²) in [6.45, 7) is 6.80. The summed E-state index contributed by atoms with van der Waals surface area (Å²) in [6.07, 6.45) is 81.2. The Labute approximate surface area is 507 Å². The highest BCUT2D eigenvalue weighted by Gasteiger charge is 2.27. The Bertz CT molecular complexity index is 1680. The minimum Gasteiger partial charge on any atom is -0.756 e. The number of rotatable bonds is 62. The summed E-state index contributed by atoms with van der Waals surface area (Å²) in [5.41, 5.74) is 0. The second-order valence-corrected chi connectivity index (χ2v) is 25.7. The van der Waals surface area contributed by atoms with Crippen molar-refractivity contribution in [2.24, 2.45) is 0 Å². The van der Waals surface area contributed by atoms with E-state index in [1.165, 1.54) is 173 Å². The van der Waals surface area contributed by atoms with Gasteiger partial charge >= 0.3 is 5.97 Å². The summed E-state index contributed by atoms with van der Waals surface area (Å²) in [6, 6.07) is -0.899. The summed E-state index contributed by atoms with van der Waals surface area (Å²) in [7, 11) is 1.17. The number of quaternary nitrogens is 1. The molecule has 0 saturated heterocycles. The van der Waals surface area contributed by atoms with Gasteiger partial charge in [0.15, 0.2) is 0 Å². The van der Waals surface area contributed by atoms with E-state index in [1.807, 2.05) is 33.3 Å². The van der Waals surface area contributed by atoms with Gasteiger partial charge < -0.3 is 28.5 Å². The number of allylic oxidation sites excluding steroid dienone is 13. The molecule has 10 heteroatoms. The lowest BCUT2D eigenvalue weighted by Gasteiger charge is -2.30. The molecular weight excluding hydrogens is 1040 g/mol. The van der Waals surface area contributed by atoms with Gasteiger partial charge in [0.25, 0.3) is 7.82 Å². The van der Waals surface area contributed by atoms with Gasteiger partial charge in [0.05, 0.1) is 33.8 Å². The van der Waals surface area contributed by atoms with Crippen molar-refractivity contribution in [3.63, 3.8) is 0 Å². The van der Waals surface area contributed by atoms with Crippen LogP contribution in [0.5, 0.6) is 0 Å². The fourth-order valence-electron chi connectivity index (χ4n) is 9.71. The minimum absolute atomic E-state index is 0.0275. The lowest BCUT2D eigenvalue weighted by molar-refractivity contribution is -0.870. The molecule has 0 heterocycles. The predicted octanol–water partition coefficient (Wildman–Crippen LogP) is 21.1. The quantitative estimate of drug-likeness (QED) is 0.0212. The number of unbranched alkanes of at least 4 members (excludes halogenated alkanes) is 34. The summed E-state index contributed by atoms with van der Waals surface area (Å²) in [5, 5.41) is 3.04. The second kappa shape index (κ2) is 61.3. The van der Waals surface area contributed by atoms with Crippen LogP contribution in [0.4, 0.5) is 0 Å². The maximum Gasteiger partial charge on any atom is 0.306 e. The van der Waals surface area contributed by atoms with Crippen LogP contribution in [0.3, 0.4) is 0 Å². The highest BCUT2D eigenvalue weighted by atomic mass is 31.2. The van der Waals surface area contributed by atoms with Crippen molar-refractivity contribution in [2.45, 2.75) is 322 Å². The zero-order chi connectivity index (χ0) is 60.0. The number of hydrogen-bond acceptors (Lipinski definition) is 7. The van der Waals surface area contributed by atoms with Crippen molar-refractivity contribution >= 4 is 19.7 Å². The van der Waals surface area contributed by atoms with Crippen molar-refractivity contribution in [1.29, 1.82) is 0 Å². The second-order valence-electron chi connectivity index (χ2n) is 24.3. The Hall–Kier alpha value is -2.81. The number of nitrogens with zero attached hydrogens (tertiary/aromatic N) is 1. The van der Waals surface area contributed by atoms with E-state index in [1.54, 1.807) is 0 Å². The van der Waals surface area contributed by atoms with Gasteiger partial charge in [-0.2, -0.15) is 0 Å². The molecule has 0 radical (unpaired) electrons. The molecule has 0 bridgehead atoms. The zero-order valence-corrected chi connectivity index (χ0v) is 55.3. The van der Waals surface area contributed by atoms with Gasteiger partial charge in [0.1, 0.15) is 19.3 Å². The highest BCUT2D eigenvalue weighted by molar-refractivity contribution is 7.45. The molecule has 0 saturated carbocycles. The van der Waals surface area contributed by atoms with Crippen LogP contribution in [-0.2, 0) is 27.9 Å². The third-order valence-corrected chi connectivity index (χ3v) is 16.0. The lowest BCUT2D eigenvalue weighted by atomic mass is 10.0. The van der Waals surface area contributed by atoms with Crippen LogP contribution < -0.4 is 10.2 Å². The van der Waals surface area contributed by atoms with Gasteiger partial charge in [-0.1, -0.05) is 273 Å². The van der Waals surface area contributed by atoms with E-state index in [-0.39, 0.29) is 24.9 Å². The first-order valence-electron chi connectivity index (χ1n) is 34.4. The third kappa shape index (κ3) is 61.7. The summed E-state index contributed by atoms with van der Waals surface area (Å²) in [4.78, 5) is 40.1. The molecule has 476 valence electrons. The van der Waals surface area contributed by atoms with Crippen LogP contribution >= 0.6 is 7.82 Å². The number of carbonyl (C=O) groups excluding carboxylic acids is 2. The molecule has 0 aliphatic carbocycles. The Kier molecular flexibility index (Phi) is 59.2. The number of phosphoric acid groups is 1. The molecule has 3 atom stereocenters. The number of esters is 1. The molecule has 0 aliphatic rings. The molecule has 9 nitrogen and oxygen atoms in total. The van der Waals surface area contributed by atoms with E-state index in [0.29, 0.717) is 23.9 Å². The minimum atomic E-state index is -4.71. The number of ether oxygens (including phenoxy) is 1. The standard InChI is InChI=1S/C72H131N2O7P/c1-7-10-13-16-19-22-25-28-30-32-34-35-36-37-38-39-41-42-44-46-49-52-55-58-61-64-71(75)73-69(68-80-82(77,78)79-67-66-74(4,5)6)70(63-60-57-54-51-48-27-24-21-18-15-12-9-3)81-72(76)65-62-59-56-53-50-47-45-43-40-33-31-29-26-23-20-17-14-11-8-2/h19-20,22-23,28-31,34-35,40,43,60,63,69-70H,7-18,21,24-27,32-33,36-39,41-42,44-59,61-62,64-68H2,1-6H3,(H-,73,75,77,78)/b22-19-,23-20-,30-28-,31-29-,35-34-,43-40-,63-60-. The van der Waals surface area contributed by atoms with Gasteiger partial charge in [-0.3, -0.25) is 14.2 Å². The van der Waals surface area contributed by atoms with E-state index in [0.717, 1.165) is 96.3 Å². The third-order valence-electron chi connectivity index (χ3n) is 15.0. The SMILES string of the molecule is CCCCC/C=C\C/C=C\C/C=C\CCCCCCCCCCCCCCC(=O)NC(COP(=O)([O-])OCC[N+](C)(C)C)C(/C=C\CCCCCCCCCCCC)OC(=O)CCCCCCCC/C=C\C/C=C\C/C=C\CCCCC. The molecule has 1 N–H and O–H groups in total. The fourth-order valence-corrected chi connectivity index (χ4v) is 10.4. The molecule has 0 aromatic carbocycles. The van der Waals surface area contributed by atoms with Crippen molar-refractivity contribution in [3.05, 3.63) is 85.1 Å². The number of amides is 1. The molecule has 0 rings (SSSR count). The first-order chi connectivity index (χ1) is 39.9. The van der Waals surface area contributed by atoms with Gasteiger partial charge in [-0.25, -0.2) is 0 Å². The first kappa shape index (κ1) is 79.2. The van der Waals surface area contributed by atoms with Crippen LogP contribution in [0.2, 0.25) is 0 Å². The van der Waals surface area contributed by atoms with Crippen LogP contribution in [0, 0.1) is 0 Å². The average molecular weight is 1170 g/mol. The Morgan fingerprint density at radius 1 is 0.427 bits per heavy atom. The lowest BCUT2D eigenvalue weighted by Crippen LogP contribution is -2.47. The van der Waals surface area contributed by atoms with Crippen molar-refractivity contribution in [2.75, 3.05) is 40.9 Å². The smallest absolute Gasteiger partial charge is 0.306 e. The van der Waals surface area contributed by atoms with Gasteiger partial charge in [-0.05, 0) is 109 Å². The van der Waals surface area contributed by atoms with Gasteiger partial charge in [0.2, 0.25) is 5.91 Å². The summed E-state index contributed by atoms with van der Waals surface area (Å²) >= 11 is 0. The number of carbonyl (C=O) groups is 2. The monoisotopic (exact) mass is 1170 g/mol. The molecule has 1 amide bonds. The largest absolute Gasteiger partial charge is 0.756 e. The number of nitrogens with one attached hydrogen (secondary N) is 1. The summed E-state index contributed by atoms with van der Waals surface area (Å²) < 4.78 is 30.4. The normalized spacial score (nSPS) is 14.1. The zero-order valence-electron chi connectivity index (χ0n) is 54.4. The molecule has 0 fully saturated rings. The number of phosphoric ester groups is 1. The maximum atomic E-state index is 13.6. The van der Waals surface area contributed by atoms with E-state index in [4.69, 9.17) is 13.8 Å². The predicted molar refractivity (Wildman–Crippen MR) is 353 cm³/mol. The Morgan fingerprint density at radius 2 is 0.744 bits per heavy atom. The first-order valence-corrected chi connectivity index (χ1v) is 35.9. The van der Waals surface area contributed by atoms with E-state index < -0.39 is 26.6 Å². The van der Waals surface area contributed by atoms with E-state index >= 15 is 0 Å². The number of likely N-dealkylation sites (N-methyl/N-ethyl adjacent to an activating group) is 1. The highest BCUT2D eigenvalue weighted by Crippen LogP contribution is 2.38. The van der Waals surface area contributed by atoms with Crippen LogP contribution in [0.1, 0.15) is 310 Å². The van der Waals surface area contributed by atoms with Gasteiger partial charge in [-0.15, -0.1) is 0 Å². The molecular formula is C72H131N2O7P. The van der Waals surface area contributed by atoms with Crippen LogP contribution in [0.25, 0.3) is 0 Å². The topological polar surface area (TPSA) is 114 Å². The van der Waals surface area contributed by atoms with Crippen LogP contribution in [0.15, 0.2) is 85.1 Å². The Morgan fingerprint density at radius 3 is 1.13 bits per heavy atom. The molecule has 0 aromatic rings. The van der Waals surface area contributed by atoms with Crippen molar-refractivity contribution in [1.82, 2.24) is 5.32 Å². The van der Waals surface area contributed by atoms with Crippen LogP contribution in [-0.4, -0.2) is 69.4 Å². The van der Waals surface area contributed by atoms with E-state index in [2.05, 4.69) is 99.0 Å². The van der Waals surface area contributed by atoms with E-state index in [9.17, 15) is 19.0 Å². The molecule has 0 spiro atoms. The molecule has 3 unspecified atom stereocenters. The molecule has 0 aromatic heterocycles. The fraction of sp³-hybridized carbons (Fsp3) is 0.778. The Balaban J connectivity index is 5.12. The average Bonchev–Trinajstić information content (AvgIpc) is 3.44. The molecule has 0 aliphatic heterocycles. The van der Waals surface area contributed by atoms with Crippen molar-refractivity contribution in [3.8, 4) is 0 Å². The van der Waals surface area contributed by atoms with Gasteiger partial charge in [0, 0.05) is 12.8 Å². The number of hydrogen-bond donors (Lipinski definition) is 1.